The normalized spacial score (nSPS) is 13.2. The van der Waals surface area contributed by atoms with Crippen LogP contribution < -0.4 is 11.1 Å². The number of nitrogens with two attached hydrogens (primary N) is 1. The van der Waals surface area contributed by atoms with Gasteiger partial charge in [-0.25, -0.2) is 0 Å². The Balaban J connectivity index is 3.94. The molecule has 0 spiro atoms. The molecule has 0 rings (SSSR count). The van der Waals surface area contributed by atoms with Crippen molar-refractivity contribution < 1.29 is 28.7 Å². The van der Waals surface area contributed by atoms with Gasteiger partial charge >= 0.3 is 15.2 Å². The Morgan fingerprint density at radius 2 is 1.56 bits per heavy atom. The molecule has 0 atom stereocenters. The van der Waals surface area contributed by atoms with E-state index in [-0.39, 0.29) is 0 Å². The van der Waals surface area contributed by atoms with Gasteiger partial charge in [0.25, 0.3) is 0 Å². The van der Waals surface area contributed by atoms with Gasteiger partial charge in [-0.05, 0) is 0 Å². The highest BCUT2D eigenvalue weighted by molar-refractivity contribution is 8.76. The van der Waals surface area contributed by atoms with Crippen molar-refractivity contribution in [3.8, 4) is 0 Å². The Bertz CT molecular complexity index is 299. The zero-order valence-corrected chi connectivity index (χ0v) is 12.9. The third-order valence-electron chi connectivity index (χ3n) is 1.75. The van der Waals surface area contributed by atoms with E-state index in [9.17, 15) is 9.13 Å². The fourth-order valence-corrected chi connectivity index (χ4v) is 5.05. The first-order chi connectivity index (χ1) is 8.19. The minimum atomic E-state index is -4.82. The first kappa shape index (κ1) is 18.9. The second kappa shape index (κ2) is 8.97. The summed E-state index contributed by atoms with van der Waals surface area (Å²) in [7, 11) is -6.54. The van der Waals surface area contributed by atoms with Crippen molar-refractivity contribution in [3.05, 3.63) is 0 Å². The molecule has 110 valence electrons. The van der Waals surface area contributed by atoms with Crippen molar-refractivity contribution in [2.45, 2.75) is 5.40 Å². The van der Waals surface area contributed by atoms with Crippen LogP contribution in [0.3, 0.4) is 0 Å². The molecule has 0 saturated heterocycles. The van der Waals surface area contributed by atoms with Crippen LogP contribution in [0.25, 0.3) is 0 Å². The lowest BCUT2D eigenvalue weighted by molar-refractivity contribution is 0.336. The zero-order chi connectivity index (χ0) is 14.2. The summed E-state index contributed by atoms with van der Waals surface area (Å²) < 4.78 is 21.8. The van der Waals surface area contributed by atoms with Gasteiger partial charge in [-0.15, -0.1) is 0 Å². The molecular formula is C6H18N2O6P2S2. The van der Waals surface area contributed by atoms with Crippen molar-refractivity contribution >= 4 is 36.8 Å². The minimum absolute atomic E-state index is 0.402. The van der Waals surface area contributed by atoms with E-state index in [4.69, 9.17) is 25.3 Å². The van der Waals surface area contributed by atoms with E-state index in [2.05, 4.69) is 5.32 Å². The fourth-order valence-electron chi connectivity index (χ4n) is 0.945. The summed E-state index contributed by atoms with van der Waals surface area (Å²) in [6.45, 7) is 0.555. The van der Waals surface area contributed by atoms with Crippen LogP contribution in [-0.4, -0.2) is 56.1 Å². The van der Waals surface area contributed by atoms with Crippen LogP contribution in [-0.2, 0) is 9.13 Å². The summed E-state index contributed by atoms with van der Waals surface area (Å²) in [6, 6.07) is 0. The maximum atomic E-state index is 10.9. The highest BCUT2D eigenvalue weighted by Crippen LogP contribution is 2.59. The molecule has 0 unspecified atom stereocenters. The molecule has 0 radical (unpaired) electrons. The van der Waals surface area contributed by atoms with Gasteiger partial charge in [0, 0.05) is 31.1 Å². The topological polar surface area (TPSA) is 153 Å². The summed E-state index contributed by atoms with van der Waals surface area (Å²) in [5, 5.41) is 0.646. The van der Waals surface area contributed by atoms with Crippen molar-refractivity contribution in [2.24, 2.45) is 5.73 Å². The molecule has 0 bridgehead atoms. The Morgan fingerprint density at radius 1 is 1.06 bits per heavy atom. The van der Waals surface area contributed by atoms with E-state index in [1.54, 1.807) is 10.8 Å². The second-order valence-electron chi connectivity index (χ2n) is 3.30. The van der Waals surface area contributed by atoms with Gasteiger partial charge in [0.05, 0.1) is 0 Å². The highest BCUT2D eigenvalue weighted by Gasteiger charge is 2.42. The van der Waals surface area contributed by atoms with E-state index in [1.165, 1.54) is 10.8 Å². The van der Waals surface area contributed by atoms with Crippen LogP contribution in [0.15, 0.2) is 0 Å². The Kier molecular flexibility index (Phi) is 9.42. The lowest BCUT2D eigenvalue weighted by Gasteiger charge is -2.19. The lowest BCUT2D eigenvalue weighted by Crippen LogP contribution is -2.28. The first-order valence-electron chi connectivity index (χ1n) is 4.95. The molecule has 0 saturated carbocycles. The quantitative estimate of drug-likeness (QED) is 0.176. The highest BCUT2D eigenvalue weighted by atomic mass is 33.1. The third kappa shape index (κ3) is 8.92. The largest absolute Gasteiger partial charge is 0.342 e. The molecule has 0 heterocycles. The Labute approximate surface area is 113 Å². The molecular weight excluding hydrogens is 322 g/mol. The van der Waals surface area contributed by atoms with E-state index < -0.39 is 27.1 Å². The zero-order valence-electron chi connectivity index (χ0n) is 9.51. The molecule has 8 nitrogen and oxygen atoms in total. The molecule has 18 heavy (non-hydrogen) atoms. The maximum Gasteiger partial charge on any atom is 0.342 e. The molecule has 7 N–H and O–H groups in total. The second-order valence-corrected chi connectivity index (χ2v) is 10.0. The van der Waals surface area contributed by atoms with Gasteiger partial charge in [-0.1, -0.05) is 21.6 Å². The van der Waals surface area contributed by atoms with E-state index in [1.807, 2.05) is 0 Å². The monoisotopic (exact) mass is 340 g/mol. The minimum Gasteiger partial charge on any atom is -0.330 e. The summed E-state index contributed by atoms with van der Waals surface area (Å²) in [6.07, 6.45) is 0. The summed E-state index contributed by atoms with van der Waals surface area (Å²) in [5.41, 5.74) is 5.28. The molecule has 0 aliphatic heterocycles. The molecule has 0 aliphatic rings. The predicted octanol–water partition coefficient (Wildman–Crippen LogP) is -0.402. The standard InChI is InChI=1S/C6H18N2O6P2S2/c7-1-3-17-18-4-2-8-5-6(15(9,10)11)16(12,13)14/h6,8H,1-5,7H2,(H2,9,10,11)(H2,12,13,14). The van der Waals surface area contributed by atoms with Crippen LogP contribution in [0, 0.1) is 0 Å². The van der Waals surface area contributed by atoms with Crippen LogP contribution in [0.5, 0.6) is 0 Å². The fraction of sp³-hybridized carbons (Fsp3) is 1.00. The van der Waals surface area contributed by atoms with Crippen LogP contribution in [0.4, 0.5) is 0 Å². The molecule has 0 aromatic heterocycles. The van der Waals surface area contributed by atoms with Crippen molar-refractivity contribution in [2.75, 3.05) is 31.1 Å². The van der Waals surface area contributed by atoms with Crippen LogP contribution >= 0.6 is 36.8 Å². The molecule has 12 heteroatoms. The van der Waals surface area contributed by atoms with Crippen molar-refractivity contribution in [3.63, 3.8) is 0 Å². The maximum absolute atomic E-state index is 10.9. The van der Waals surface area contributed by atoms with Gasteiger partial charge in [0.1, 0.15) is 0 Å². The van der Waals surface area contributed by atoms with E-state index >= 15 is 0 Å². The number of hydrogen-bond acceptors (Lipinski definition) is 6. The van der Waals surface area contributed by atoms with E-state index in [0.29, 0.717) is 18.8 Å². The molecule has 0 aliphatic carbocycles. The van der Waals surface area contributed by atoms with Gasteiger partial charge < -0.3 is 30.6 Å². The summed E-state index contributed by atoms with van der Waals surface area (Å²) in [5.74, 6) is 1.46. The molecule has 0 aromatic carbocycles. The number of hydrogen-bond donors (Lipinski definition) is 6. The van der Waals surface area contributed by atoms with Gasteiger partial charge in [-0.2, -0.15) is 0 Å². The number of nitrogens with one attached hydrogen (secondary N) is 1. The van der Waals surface area contributed by atoms with Gasteiger partial charge in [-0.3, -0.25) is 9.13 Å². The number of rotatable bonds is 10. The molecule has 0 fully saturated rings. The van der Waals surface area contributed by atoms with E-state index in [0.717, 1.165) is 5.75 Å². The third-order valence-corrected chi connectivity index (χ3v) is 7.91. The predicted molar refractivity (Wildman–Crippen MR) is 74.7 cm³/mol. The van der Waals surface area contributed by atoms with Crippen molar-refractivity contribution in [1.82, 2.24) is 5.32 Å². The average molecular weight is 340 g/mol. The van der Waals surface area contributed by atoms with Gasteiger partial charge in [0.2, 0.25) is 0 Å². The smallest absolute Gasteiger partial charge is 0.330 e. The summed E-state index contributed by atoms with van der Waals surface area (Å²) in [4.78, 5) is 35.4. The van der Waals surface area contributed by atoms with Crippen LogP contribution in [0.2, 0.25) is 0 Å². The Morgan fingerprint density at radius 3 is 2.00 bits per heavy atom. The SMILES string of the molecule is NCCSSCCNCC(P(=O)(O)O)P(=O)(O)O. The molecule has 0 amide bonds. The average Bonchev–Trinajstić information content (AvgIpc) is 2.18. The molecule has 0 aromatic rings. The van der Waals surface area contributed by atoms with Crippen molar-refractivity contribution in [1.29, 1.82) is 0 Å². The van der Waals surface area contributed by atoms with Crippen LogP contribution in [0.1, 0.15) is 0 Å². The lowest BCUT2D eigenvalue weighted by atomic mass is 10.6. The Hall–Kier alpha value is 0.920. The van der Waals surface area contributed by atoms with Gasteiger partial charge in [0.15, 0.2) is 5.40 Å². The summed E-state index contributed by atoms with van der Waals surface area (Å²) >= 11 is 0. The first-order valence-corrected chi connectivity index (χ1v) is 10.8.